The molecule has 10 heteroatoms. The molecule has 5 N–H and O–H groups in total. The van der Waals surface area contributed by atoms with E-state index in [4.69, 9.17) is 16.2 Å². The van der Waals surface area contributed by atoms with Crippen LogP contribution in [-0.4, -0.2) is 41.9 Å². The van der Waals surface area contributed by atoms with E-state index in [1.807, 2.05) is 0 Å². The molecule has 2 heterocycles. The summed E-state index contributed by atoms with van der Waals surface area (Å²) in [5.41, 5.74) is 9.65. The molecule has 1 aliphatic heterocycles. The van der Waals surface area contributed by atoms with E-state index >= 15 is 0 Å². The monoisotopic (exact) mass is 381 g/mol. The summed E-state index contributed by atoms with van der Waals surface area (Å²) in [7, 11) is 0. The number of hydrogen-bond donors (Lipinski definition) is 3. The van der Waals surface area contributed by atoms with Crippen molar-refractivity contribution in [2.75, 3.05) is 18.9 Å². The second kappa shape index (κ2) is 7.39. The molecule has 1 aromatic rings. The molecule has 1 aromatic heterocycles. The Bertz CT molecular complexity index is 822. The van der Waals surface area contributed by atoms with Gasteiger partial charge in [0.05, 0.1) is 18.5 Å². The number of carbonyl (C=O) groups is 1. The van der Waals surface area contributed by atoms with Gasteiger partial charge < -0.3 is 21.5 Å². The van der Waals surface area contributed by atoms with Crippen molar-refractivity contribution in [1.29, 1.82) is 0 Å². The van der Waals surface area contributed by atoms with Crippen LogP contribution in [0.2, 0.25) is 0 Å². The molecule has 1 aliphatic carbocycles. The predicted molar refractivity (Wildman–Crippen MR) is 92.7 cm³/mol. The van der Waals surface area contributed by atoms with Crippen molar-refractivity contribution in [2.24, 2.45) is 16.6 Å². The first kappa shape index (κ1) is 18.9. The van der Waals surface area contributed by atoms with Crippen LogP contribution < -0.4 is 16.8 Å². The van der Waals surface area contributed by atoms with Gasteiger partial charge in [-0.25, -0.2) is 18.2 Å². The first-order valence-electron chi connectivity index (χ1n) is 8.11. The molecule has 0 fully saturated rings. The number of amidine groups is 1. The van der Waals surface area contributed by atoms with Gasteiger partial charge in [0.15, 0.2) is 5.54 Å². The number of aliphatic imine (C=N–C) groups is 1. The average Bonchev–Trinajstić information content (AvgIpc) is 2.63. The van der Waals surface area contributed by atoms with E-state index < -0.39 is 36.2 Å². The van der Waals surface area contributed by atoms with Crippen LogP contribution in [0.5, 0.6) is 0 Å². The zero-order valence-corrected chi connectivity index (χ0v) is 14.2. The highest BCUT2D eigenvalue weighted by Crippen LogP contribution is 2.42. The molecule has 144 valence electrons. The molecular formula is C17H18F3N5O2. The van der Waals surface area contributed by atoms with Crippen LogP contribution in [0.4, 0.5) is 18.9 Å². The van der Waals surface area contributed by atoms with Gasteiger partial charge in [0.1, 0.15) is 24.0 Å². The second-order valence-corrected chi connectivity index (χ2v) is 6.32. The summed E-state index contributed by atoms with van der Waals surface area (Å²) in [6.07, 6.45) is 0.457. The molecule has 2 atom stereocenters. The molecular weight excluding hydrogens is 363 g/mol. The number of aromatic nitrogens is 1. The number of nitrogen functional groups attached to an aromatic ring is 1. The number of ether oxygens (including phenoxy) is 1. The SMILES string of the molecule is NC1=N[C@](C(F)F)(C2CC(NC(=O)c3ccc(N)cn3)=CC=C2F)COC1. The molecule has 27 heavy (non-hydrogen) atoms. The number of alkyl halides is 2. The third-order valence-corrected chi connectivity index (χ3v) is 4.41. The van der Waals surface area contributed by atoms with Gasteiger partial charge in [-0.15, -0.1) is 0 Å². The topological polar surface area (TPSA) is 116 Å². The molecule has 0 saturated carbocycles. The van der Waals surface area contributed by atoms with E-state index in [9.17, 15) is 18.0 Å². The van der Waals surface area contributed by atoms with Gasteiger partial charge in [-0.05, 0) is 30.7 Å². The number of allylic oxidation sites excluding steroid dienone is 3. The summed E-state index contributed by atoms with van der Waals surface area (Å²) < 4.78 is 47.2. The quantitative estimate of drug-likeness (QED) is 0.732. The summed E-state index contributed by atoms with van der Waals surface area (Å²) in [6, 6.07) is 2.92. The number of pyridine rings is 1. The molecule has 1 amide bonds. The number of nitrogens with two attached hydrogens (primary N) is 2. The van der Waals surface area contributed by atoms with E-state index in [1.54, 1.807) is 0 Å². The first-order valence-corrected chi connectivity index (χ1v) is 8.11. The fraction of sp³-hybridized carbons (Fsp3) is 0.353. The van der Waals surface area contributed by atoms with Crippen LogP contribution in [0.15, 0.2) is 47.0 Å². The molecule has 0 saturated heterocycles. The lowest BCUT2D eigenvalue weighted by molar-refractivity contribution is -0.0376. The third kappa shape index (κ3) is 3.80. The smallest absolute Gasteiger partial charge is 0.273 e. The van der Waals surface area contributed by atoms with Gasteiger partial charge in [0.2, 0.25) is 0 Å². The third-order valence-electron chi connectivity index (χ3n) is 4.41. The van der Waals surface area contributed by atoms with Gasteiger partial charge >= 0.3 is 0 Å². The van der Waals surface area contributed by atoms with Crippen molar-refractivity contribution in [3.05, 3.63) is 47.7 Å². The molecule has 2 aliphatic rings. The van der Waals surface area contributed by atoms with Gasteiger partial charge in [-0.3, -0.25) is 9.79 Å². The maximum Gasteiger partial charge on any atom is 0.273 e. The number of nitrogens with one attached hydrogen (secondary N) is 1. The average molecular weight is 381 g/mol. The van der Waals surface area contributed by atoms with Crippen LogP contribution >= 0.6 is 0 Å². The van der Waals surface area contributed by atoms with Crippen molar-refractivity contribution in [3.63, 3.8) is 0 Å². The molecule has 0 aromatic carbocycles. The summed E-state index contributed by atoms with van der Waals surface area (Å²) in [5, 5.41) is 2.55. The van der Waals surface area contributed by atoms with Crippen LogP contribution in [0, 0.1) is 5.92 Å². The predicted octanol–water partition coefficient (Wildman–Crippen LogP) is 1.54. The van der Waals surface area contributed by atoms with E-state index in [0.29, 0.717) is 5.69 Å². The Morgan fingerprint density at radius 2 is 2.11 bits per heavy atom. The number of hydrogen-bond acceptors (Lipinski definition) is 6. The van der Waals surface area contributed by atoms with E-state index in [-0.39, 0.29) is 30.3 Å². The Labute approximate surface area is 153 Å². The summed E-state index contributed by atoms with van der Waals surface area (Å²) in [4.78, 5) is 20.0. The highest BCUT2D eigenvalue weighted by atomic mass is 19.3. The van der Waals surface area contributed by atoms with Crippen molar-refractivity contribution in [1.82, 2.24) is 10.3 Å². The Balaban J connectivity index is 1.82. The Morgan fingerprint density at radius 3 is 2.74 bits per heavy atom. The second-order valence-electron chi connectivity index (χ2n) is 6.32. The maximum absolute atomic E-state index is 14.4. The van der Waals surface area contributed by atoms with Crippen molar-refractivity contribution in [3.8, 4) is 0 Å². The fourth-order valence-electron chi connectivity index (χ4n) is 3.03. The van der Waals surface area contributed by atoms with Crippen molar-refractivity contribution in [2.45, 2.75) is 18.4 Å². The summed E-state index contributed by atoms with van der Waals surface area (Å²) in [6.45, 7) is -0.563. The van der Waals surface area contributed by atoms with E-state index in [0.717, 1.165) is 6.08 Å². The minimum atomic E-state index is -3.01. The van der Waals surface area contributed by atoms with Gasteiger partial charge in [0.25, 0.3) is 12.3 Å². The van der Waals surface area contributed by atoms with Crippen LogP contribution in [-0.2, 0) is 4.74 Å². The lowest BCUT2D eigenvalue weighted by Gasteiger charge is -2.39. The van der Waals surface area contributed by atoms with E-state index in [2.05, 4.69) is 15.3 Å². The largest absolute Gasteiger partial charge is 0.397 e. The van der Waals surface area contributed by atoms with Gasteiger partial charge in [0, 0.05) is 11.6 Å². The van der Waals surface area contributed by atoms with E-state index in [1.165, 1.54) is 24.4 Å². The molecule has 0 radical (unpaired) electrons. The molecule has 1 unspecified atom stereocenters. The molecule has 0 spiro atoms. The lowest BCUT2D eigenvalue weighted by Crippen LogP contribution is -2.53. The number of anilines is 1. The minimum absolute atomic E-state index is 0.0866. The van der Waals surface area contributed by atoms with Gasteiger partial charge in [-0.1, -0.05) is 0 Å². The number of halogens is 3. The minimum Gasteiger partial charge on any atom is -0.397 e. The van der Waals surface area contributed by atoms with Crippen LogP contribution in [0.1, 0.15) is 16.9 Å². The number of nitrogens with zero attached hydrogens (tertiary/aromatic N) is 2. The number of amides is 1. The normalized spacial score (nSPS) is 25.5. The highest BCUT2D eigenvalue weighted by molar-refractivity contribution is 5.93. The lowest BCUT2D eigenvalue weighted by atomic mass is 9.78. The first-order chi connectivity index (χ1) is 12.8. The fourth-order valence-corrected chi connectivity index (χ4v) is 3.03. The highest BCUT2D eigenvalue weighted by Gasteiger charge is 2.51. The van der Waals surface area contributed by atoms with Gasteiger partial charge in [-0.2, -0.15) is 0 Å². The zero-order chi connectivity index (χ0) is 19.6. The maximum atomic E-state index is 14.4. The standard InChI is InChI=1S/C17H18F3N5O2/c18-12-3-2-10(24-15(26)13-4-1-9(21)6-23-13)5-11(12)17(16(19)20)8-27-7-14(22)25-17/h1-4,6,11,16H,5,7-8,21H2,(H2,22,25)(H,24,26)/t11?,17-/m0/s1. The number of carbonyl (C=O) groups excluding carboxylic acids is 1. The summed E-state index contributed by atoms with van der Waals surface area (Å²) in [5.74, 6) is -2.79. The molecule has 0 bridgehead atoms. The van der Waals surface area contributed by atoms with Crippen molar-refractivity contribution >= 4 is 17.4 Å². The van der Waals surface area contributed by atoms with Crippen LogP contribution in [0.25, 0.3) is 0 Å². The Morgan fingerprint density at radius 1 is 1.33 bits per heavy atom. The van der Waals surface area contributed by atoms with Crippen molar-refractivity contribution < 1.29 is 22.7 Å². The zero-order valence-electron chi connectivity index (χ0n) is 14.2. The molecule has 7 nitrogen and oxygen atoms in total. The summed E-state index contributed by atoms with van der Waals surface area (Å²) >= 11 is 0. The Kier molecular flexibility index (Phi) is 5.17. The molecule has 3 rings (SSSR count). The van der Waals surface area contributed by atoms with Crippen LogP contribution in [0.3, 0.4) is 0 Å². The Hall–Kier alpha value is -2.88. The number of rotatable bonds is 4.